The fraction of sp³-hybridized carbons (Fsp3) is 0.429. The maximum Gasteiger partial charge on any atom is 0.0248 e. The van der Waals surface area contributed by atoms with Crippen LogP contribution < -0.4 is 0 Å². The number of hydrogen-bond donors (Lipinski definition) is 0. The van der Waals surface area contributed by atoms with E-state index in [0.717, 1.165) is 11.8 Å². The van der Waals surface area contributed by atoms with Gasteiger partial charge in [-0.25, -0.2) is 0 Å². The molecular weight excluding hydrogens is 266 g/mol. The van der Waals surface area contributed by atoms with Gasteiger partial charge in [0, 0.05) is 12.0 Å². The maximum atomic E-state index is 2.76. The molecule has 0 N–H and O–H groups in total. The van der Waals surface area contributed by atoms with E-state index in [1.165, 1.54) is 37.1 Å². The van der Waals surface area contributed by atoms with Crippen LogP contribution in [-0.2, 0) is 0 Å². The minimum Gasteiger partial charge on any atom is -0.299 e. The first-order valence-electron chi connectivity index (χ1n) is 8.68. The number of hydrogen-bond acceptors (Lipinski definition) is 1. The van der Waals surface area contributed by atoms with Gasteiger partial charge in [-0.05, 0) is 48.9 Å². The van der Waals surface area contributed by atoms with Crippen molar-refractivity contribution in [2.24, 2.45) is 11.8 Å². The van der Waals surface area contributed by atoms with Gasteiger partial charge in [-0.2, -0.15) is 0 Å². The Bertz CT molecular complexity index is 557. The highest BCUT2D eigenvalue weighted by Crippen LogP contribution is 2.44. The maximum absolute atomic E-state index is 2.76. The van der Waals surface area contributed by atoms with E-state index in [2.05, 4.69) is 72.5 Å². The third-order valence-corrected chi connectivity index (χ3v) is 5.94. The average Bonchev–Trinajstić information content (AvgIpc) is 2.60. The number of benzene rings is 2. The predicted molar refractivity (Wildman–Crippen MR) is 92.0 cm³/mol. The monoisotopic (exact) mass is 291 g/mol. The Morgan fingerprint density at radius 1 is 0.818 bits per heavy atom. The zero-order valence-electron chi connectivity index (χ0n) is 13.4. The van der Waals surface area contributed by atoms with Gasteiger partial charge in [-0.15, -0.1) is 0 Å². The molecule has 1 heteroatoms. The third-order valence-electron chi connectivity index (χ3n) is 5.94. The van der Waals surface area contributed by atoms with Crippen LogP contribution in [0.3, 0.4) is 0 Å². The second kappa shape index (κ2) is 5.89. The fourth-order valence-electron chi connectivity index (χ4n) is 4.78. The van der Waals surface area contributed by atoms with Crippen molar-refractivity contribution in [3.05, 3.63) is 71.8 Å². The Balaban J connectivity index is 1.78. The molecule has 114 valence electrons. The highest BCUT2D eigenvalue weighted by molar-refractivity contribution is 5.35. The van der Waals surface area contributed by atoms with Crippen LogP contribution in [0.15, 0.2) is 60.7 Å². The van der Waals surface area contributed by atoms with Crippen molar-refractivity contribution in [1.82, 2.24) is 4.90 Å². The molecule has 22 heavy (non-hydrogen) atoms. The first-order chi connectivity index (χ1) is 10.8. The van der Waals surface area contributed by atoms with E-state index in [0.29, 0.717) is 12.0 Å². The summed E-state index contributed by atoms with van der Waals surface area (Å²) in [6.07, 6.45) is 2.79. The summed E-state index contributed by atoms with van der Waals surface area (Å²) >= 11 is 0. The molecule has 5 rings (SSSR count). The van der Waals surface area contributed by atoms with Gasteiger partial charge in [-0.1, -0.05) is 67.6 Å². The Labute approximate surface area is 134 Å². The lowest BCUT2D eigenvalue weighted by molar-refractivity contribution is -0.00923. The number of rotatable bonds is 3. The van der Waals surface area contributed by atoms with Gasteiger partial charge >= 0.3 is 0 Å². The molecule has 3 aliphatic heterocycles. The number of fused-ring (bicyclic) bond motifs is 3. The molecule has 3 saturated heterocycles. The smallest absolute Gasteiger partial charge is 0.0248 e. The molecule has 0 unspecified atom stereocenters. The lowest BCUT2D eigenvalue weighted by Crippen LogP contribution is -2.56. The van der Waals surface area contributed by atoms with Gasteiger partial charge in [0.2, 0.25) is 0 Å². The Kier molecular flexibility index (Phi) is 3.75. The number of piperidine rings is 3. The molecule has 3 heterocycles. The Morgan fingerprint density at radius 2 is 1.32 bits per heavy atom. The highest BCUT2D eigenvalue weighted by Gasteiger charge is 2.44. The third kappa shape index (κ3) is 2.38. The van der Waals surface area contributed by atoms with Crippen LogP contribution >= 0.6 is 0 Å². The molecule has 2 bridgehead atoms. The lowest BCUT2D eigenvalue weighted by atomic mass is 9.68. The van der Waals surface area contributed by atoms with Crippen molar-refractivity contribution in [2.75, 3.05) is 13.1 Å². The van der Waals surface area contributed by atoms with Crippen LogP contribution in [0.4, 0.5) is 0 Å². The molecule has 0 aliphatic carbocycles. The normalized spacial score (nSPS) is 30.6. The molecule has 1 nitrogen and oxygen atoms in total. The molecule has 0 saturated carbocycles. The Morgan fingerprint density at radius 3 is 1.77 bits per heavy atom. The summed E-state index contributed by atoms with van der Waals surface area (Å²) in [6, 6.07) is 22.9. The minimum absolute atomic E-state index is 0.500. The largest absolute Gasteiger partial charge is 0.299 e. The van der Waals surface area contributed by atoms with E-state index < -0.39 is 0 Å². The minimum atomic E-state index is 0.500. The van der Waals surface area contributed by atoms with E-state index >= 15 is 0 Å². The molecule has 3 aliphatic rings. The summed E-state index contributed by atoms with van der Waals surface area (Å²) < 4.78 is 0. The Hall–Kier alpha value is -1.60. The van der Waals surface area contributed by atoms with Crippen LogP contribution in [0, 0.1) is 11.8 Å². The zero-order chi connectivity index (χ0) is 14.9. The van der Waals surface area contributed by atoms with Crippen molar-refractivity contribution >= 4 is 0 Å². The molecular formula is C21H25N. The van der Waals surface area contributed by atoms with Gasteiger partial charge in [0.05, 0.1) is 0 Å². The van der Waals surface area contributed by atoms with E-state index in [1.807, 2.05) is 0 Å². The van der Waals surface area contributed by atoms with Crippen LogP contribution in [0.5, 0.6) is 0 Å². The number of nitrogens with zero attached hydrogens (tertiary/aromatic N) is 1. The highest BCUT2D eigenvalue weighted by atomic mass is 15.2. The van der Waals surface area contributed by atoms with Crippen LogP contribution in [0.2, 0.25) is 0 Å². The summed E-state index contributed by atoms with van der Waals surface area (Å²) in [7, 11) is 0. The first-order valence-corrected chi connectivity index (χ1v) is 8.68. The molecule has 2 aromatic rings. The van der Waals surface area contributed by atoms with Gasteiger partial charge in [0.15, 0.2) is 0 Å². The van der Waals surface area contributed by atoms with Crippen molar-refractivity contribution in [3.63, 3.8) is 0 Å². The first kappa shape index (κ1) is 14.0. The summed E-state index contributed by atoms with van der Waals surface area (Å²) in [5, 5.41) is 0. The predicted octanol–water partition coefficient (Wildman–Crippen LogP) is 4.55. The SMILES string of the molecule is C[C@H]1C2CCN(CC2)[C@@H]1C(c1ccccc1)c1ccccc1. The molecule has 3 fully saturated rings. The van der Waals surface area contributed by atoms with Gasteiger partial charge in [-0.3, -0.25) is 4.90 Å². The van der Waals surface area contributed by atoms with E-state index in [4.69, 9.17) is 0 Å². The molecule has 0 spiro atoms. The summed E-state index contributed by atoms with van der Waals surface area (Å²) in [6.45, 7) is 5.06. The molecule has 0 amide bonds. The van der Waals surface area contributed by atoms with Gasteiger partial charge in [0.1, 0.15) is 0 Å². The van der Waals surface area contributed by atoms with Gasteiger partial charge < -0.3 is 0 Å². The summed E-state index contributed by atoms with van der Waals surface area (Å²) in [5.41, 5.74) is 2.94. The quantitative estimate of drug-likeness (QED) is 0.802. The summed E-state index contributed by atoms with van der Waals surface area (Å²) in [4.78, 5) is 2.76. The molecule has 2 aromatic carbocycles. The molecule has 0 radical (unpaired) electrons. The van der Waals surface area contributed by atoms with Crippen molar-refractivity contribution in [2.45, 2.75) is 31.7 Å². The van der Waals surface area contributed by atoms with Crippen LogP contribution in [-0.4, -0.2) is 24.0 Å². The molecule has 0 aromatic heterocycles. The van der Waals surface area contributed by atoms with E-state index in [-0.39, 0.29) is 0 Å². The van der Waals surface area contributed by atoms with Crippen molar-refractivity contribution in [1.29, 1.82) is 0 Å². The topological polar surface area (TPSA) is 3.24 Å². The fourth-order valence-corrected chi connectivity index (χ4v) is 4.78. The van der Waals surface area contributed by atoms with Crippen LogP contribution in [0.25, 0.3) is 0 Å². The van der Waals surface area contributed by atoms with Crippen LogP contribution in [0.1, 0.15) is 36.8 Å². The van der Waals surface area contributed by atoms with Gasteiger partial charge in [0.25, 0.3) is 0 Å². The summed E-state index contributed by atoms with van der Waals surface area (Å²) in [5.74, 6) is 2.21. The van der Waals surface area contributed by atoms with Crippen molar-refractivity contribution in [3.8, 4) is 0 Å². The van der Waals surface area contributed by atoms with E-state index in [1.54, 1.807) is 0 Å². The second-order valence-electron chi connectivity index (χ2n) is 7.02. The zero-order valence-corrected chi connectivity index (χ0v) is 13.4. The molecule has 2 atom stereocenters. The van der Waals surface area contributed by atoms with E-state index in [9.17, 15) is 0 Å². The average molecular weight is 291 g/mol. The van der Waals surface area contributed by atoms with Crippen molar-refractivity contribution < 1.29 is 0 Å². The second-order valence-corrected chi connectivity index (χ2v) is 7.02. The standard InChI is InChI=1S/C21H25N/c1-16-17-12-14-22(15-13-17)21(16)20(18-8-4-2-5-9-18)19-10-6-3-7-11-19/h2-11,16-17,20-21H,12-15H2,1H3/t16-,21-/m0/s1. The lowest BCUT2D eigenvalue weighted by Gasteiger charge is -2.53.